The number of amides is 1. The molecule has 0 aliphatic carbocycles. The van der Waals surface area contributed by atoms with Crippen LogP contribution < -0.4 is 16.9 Å². The fourth-order valence-corrected chi connectivity index (χ4v) is 3.14. The first-order valence-corrected chi connectivity index (χ1v) is 7.56. The van der Waals surface area contributed by atoms with Gasteiger partial charge in [-0.3, -0.25) is 9.59 Å². The number of hydrogen-bond acceptors (Lipinski definition) is 4. The minimum Gasteiger partial charge on any atom is -0.440 e. The molecule has 1 aromatic heterocycles. The van der Waals surface area contributed by atoms with E-state index in [9.17, 15) is 9.59 Å². The minimum absolute atomic E-state index is 0.00883. The van der Waals surface area contributed by atoms with Gasteiger partial charge in [-0.05, 0) is 42.4 Å². The molecule has 1 amide bonds. The highest BCUT2D eigenvalue weighted by Gasteiger charge is 2.27. The third-order valence-electron chi connectivity index (χ3n) is 4.81. The van der Waals surface area contributed by atoms with Gasteiger partial charge in [-0.15, -0.1) is 0 Å². The smallest absolute Gasteiger partial charge is 0.258 e. The summed E-state index contributed by atoms with van der Waals surface area (Å²) in [6.07, 6.45) is 2.90. The van der Waals surface area contributed by atoms with Gasteiger partial charge in [0, 0.05) is 0 Å². The molecule has 0 fully saturated rings. The minimum atomic E-state index is -0.869. The van der Waals surface area contributed by atoms with E-state index in [2.05, 4.69) is 20.8 Å². The Morgan fingerprint density at radius 1 is 1.18 bits per heavy atom. The van der Waals surface area contributed by atoms with Crippen molar-refractivity contribution in [3.8, 4) is 0 Å². The monoisotopic (exact) mass is 302 g/mol. The van der Waals surface area contributed by atoms with Gasteiger partial charge < -0.3 is 15.9 Å². The van der Waals surface area contributed by atoms with Crippen LogP contribution in [-0.4, -0.2) is 5.91 Å². The molecule has 0 atom stereocenters. The molecule has 2 aromatic rings. The van der Waals surface area contributed by atoms with Crippen LogP contribution >= 0.6 is 0 Å². The highest BCUT2D eigenvalue weighted by atomic mass is 16.3. The molecule has 0 saturated heterocycles. The number of nitrogen functional groups attached to an aromatic ring is 1. The maximum Gasteiger partial charge on any atom is 0.258 e. The summed E-state index contributed by atoms with van der Waals surface area (Å²) in [7, 11) is 0. The molecule has 0 bridgehead atoms. The zero-order chi connectivity index (χ0) is 16.5. The van der Waals surface area contributed by atoms with Gasteiger partial charge in [-0.2, -0.15) is 0 Å². The first-order chi connectivity index (χ1) is 10.4. The first kappa shape index (κ1) is 16.1. The summed E-state index contributed by atoms with van der Waals surface area (Å²) in [6, 6.07) is 5.51. The van der Waals surface area contributed by atoms with E-state index in [1.54, 1.807) is 6.07 Å². The van der Waals surface area contributed by atoms with E-state index in [4.69, 9.17) is 15.9 Å². The van der Waals surface area contributed by atoms with Crippen LogP contribution in [0.2, 0.25) is 0 Å². The molecule has 2 rings (SSSR count). The molecule has 5 nitrogen and oxygen atoms in total. The van der Waals surface area contributed by atoms with Crippen LogP contribution in [0.1, 0.15) is 56.0 Å². The number of primary amides is 1. The summed E-state index contributed by atoms with van der Waals surface area (Å²) in [4.78, 5) is 23.9. The summed E-state index contributed by atoms with van der Waals surface area (Å²) < 4.78 is 5.38. The normalized spacial score (nSPS) is 11.8. The SMILES string of the molecule is CCC(CC)(CC)c1ccc2oc(N)c(C(N)=O)c(=O)c2c1. The van der Waals surface area contributed by atoms with Crippen molar-refractivity contribution in [3.05, 3.63) is 39.5 Å². The average molecular weight is 302 g/mol. The van der Waals surface area contributed by atoms with E-state index in [0.717, 1.165) is 24.8 Å². The Labute approximate surface area is 129 Å². The highest BCUT2D eigenvalue weighted by Crippen LogP contribution is 2.36. The Balaban J connectivity index is 2.79. The fraction of sp³-hybridized carbons (Fsp3) is 0.412. The maximum absolute atomic E-state index is 12.5. The van der Waals surface area contributed by atoms with Crippen LogP contribution in [0.5, 0.6) is 0 Å². The Bertz CT molecular complexity index is 765. The van der Waals surface area contributed by atoms with Crippen LogP contribution in [0.4, 0.5) is 5.88 Å². The van der Waals surface area contributed by atoms with Crippen molar-refractivity contribution < 1.29 is 9.21 Å². The molecular weight excluding hydrogens is 280 g/mol. The van der Waals surface area contributed by atoms with Crippen molar-refractivity contribution in [2.24, 2.45) is 5.73 Å². The number of carbonyl (C=O) groups is 1. The van der Waals surface area contributed by atoms with Crippen LogP contribution in [0, 0.1) is 0 Å². The molecule has 4 N–H and O–H groups in total. The molecule has 0 unspecified atom stereocenters. The maximum atomic E-state index is 12.5. The Kier molecular flexibility index (Phi) is 4.26. The van der Waals surface area contributed by atoms with Gasteiger partial charge in [-0.1, -0.05) is 26.8 Å². The Morgan fingerprint density at radius 2 is 1.77 bits per heavy atom. The lowest BCUT2D eigenvalue weighted by atomic mass is 9.73. The summed E-state index contributed by atoms with van der Waals surface area (Å²) in [5, 5.41) is 0.347. The van der Waals surface area contributed by atoms with Crippen LogP contribution in [0.15, 0.2) is 27.4 Å². The molecule has 22 heavy (non-hydrogen) atoms. The second kappa shape index (κ2) is 5.83. The van der Waals surface area contributed by atoms with E-state index in [1.807, 2.05) is 12.1 Å². The van der Waals surface area contributed by atoms with Crippen LogP contribution in [0.3, 0.4) is 0 Å². The number of rotatable bonds is 5. The van der Waals surface area contributed by atoms with Crippen molar-refractivity contribution in [3.63, 3.8) is 0 Å². The molecule has 1 heterocycles. The zero-order valence-corrected chi connectivity index (χ0v) is 13.2. The molecule has 0 saturated carbocycles. The quantitative estimate of drug-likeness (QED) is 0.886. The van der Waals surface area contributed by atoms with Gasteiger partial charge in [0.1, 0.15) is 11.1 Å². The van der Waals surface area contributed by atoms with Crippen LogP contribution in [0.25, 0.3) is 11.0 Å². The van der Waals surface area contributed by atoms with E-state index in [0.29, 0.717) is 11.0 Å². The third kappa shape index (κ3) is 2.36. The van der Waals surface area contributed by atoms with Gasteiger partial charge >= 0.3 is 0 Å². The Morgan fingerprint density at radius 3 is 2.27 bits per heavy atom. The summed E-state index contributed by atoms with van der Waals surface area (Å²) in [5.74, 6) is -1.10. The van der Waals surface area contributed by atoms with E-state index in [1.165, 1.54) is 0 Å². The van der Waals surface area contributed by atoms with Crippen molar-refractivity contribution in [1.29, 1.82) is 0 Å². The first-order valence-electron chi connectivity index (χ1n) is 7.56. The summed E-state index contributed by atoms with van der Waals surface area (Å²) in [5.41, 5.74) is 11.6. The molecular formula is C17H22N2O3. The van der Waals surface area contributed by atoms with Gasteiger partial charge in [0.05, 0.1) is 5.39 Å². The largest absolute Gasteiger partial charge is 0.440 e. The molecule has 118 valence electrons. The predicted molar refractivity (Wildman–Crippen MR) is 88.0 cm³/mol. The van der Waals surface area contributed by atoms with E-state index in [-0.39, 0.29) is 16.9 Å². The lowest BCUT2D eigenvalue weighted by Gasteiger charge is -2.31. The zero-order valence-electron chi connectivity index (χ0n) is 13.2. The number of nitrogens with two attached hydrogens (primary N) is 2. The Hall–Kier alpha value is -2.30. The molecule has 0 spiro atoms. The molecule has 0 aliphatic heterocycles. The second-order valence-corrected chi connectivity index (χ2v) is 5.59. The van der Waals surface area contributed by atoms with Gasteiger partial charge in [0.2, 0.25) is 11.3 Å². The number of benzene rings is 1. The summed E-state index contributed by atoms with van der Waals surface area (Å²) in [6.45, 7) is 6.41. The number of fused-ring (bicyclic) bond motifs is 1. The highest BCUT2D eigenvalue weighted by molar-refractivity contribution is 5.99. The lowest BCUT2D eigenvalue weighted by molar-refractivity contribution is 0.0999. The van der Waals surface area contributed by atoms with Crippen molar-refractivity contribution in [1.82, 2.24) is 0 Å². The fourth-order valence-electron chi connectivity index (χ4n) is 3.14. The molecule has 1 aromatic carbocycles. The topological polar surface area (TPSA) is 99.3 Å². The number of hydrogen-bond donors (Lipinski definition) is 2. The lowest BCUT2D eigenvalue weighted by Crippen LogP contribution is -2.25. The van der Waals surface area contributed by atoms with Gasteiger partial charge in [0.25, 0.3) is 5.91 Å². The number of anilines is 1. The standard InChI is InChI=1S/C17H22N2O3/c1-4-17(5-2,6-3)10-7-8-12-11(9-10)14(20)13(15(18)21)16(19)22-12/h7-9H,4-6,19H2,1-3H3,(H2,18,21). The van der Waals surface area contributed by atoms with Gasteiger partial charge in [0.15, 0.2) is 0 Å². The van der Waals surface area contributed by atoms with E-state index >= 15 is 0 Å². The van der Waals surface area contributed by atoms with Gasteiger partial charge in [-0.25, -0.2) is 0 Å². The van der Waals surface area contributed by atoms with Crippen molar-refractivity contribution in [2.75, 3.05) is 5.73 Å². The molecule has 0 aliphatic rings. The average Bonchev–Trinajstić information content (AvgIpc) is 2.49. The van der Waals surface area contributed by atoms with Crippen molar-refractivity contribution in [2.45, 2.75) is 45.4 Å². The third-order valence-corrected chi connectivity index (χ3v) is 4.81. The molecule has 5 heteroatoms. The molecule has 0 radical (unpaired) electrons. The van der Waals surface area contributed by atoms with Crippen molar-refractivity contribution >= 4 is 22.8 Å². The summed E-state index contributed by atoms with van der Waals surface area (Å²) >= 11 is 0. The second-order valence-electron chi connectivity index (χ2n) is 5.59. The predicted octanol–water partition coefficient (Wildman–Crippen LogP) is 2.94. The number of carbonyl (C=O) groups excluding carboxylic acids is 1. The van der Waals surface area contributed by atoms with Crippen LogP contribution in [-0.2, 0) is 5.41 Å². The van der Waals surface area contributed by atoms with E-state index < -0.39 is 11.3 Å².